The first-order chi connectivity index (χ1) is 9.47. The first-order valence-corrected chi connectivity index (χ1v) is 7.07. The number of nitrogens with one attached hydrogen (secondary N) is 1. The Bertz CT molecular complexity index is 449. The van der Waals surface area contributed by atoms with Crippen LogP contribution in [0.5, 0.6) is 0 Å². The number of benzene rings is 1. The highest BCUT2D eigenvalue weighted by Crippen LogP contribution is 2.14. The summed E-state index contributed by atoms with van der Waals surface area (Å²) in [7, 11) is 0. The predicted octanol–water partition coefficient (Wildman–Crippen LogP) is 3.67. The third-order valence-electron chi connectivity index (χ3n) is 3.05. The minimum absolute atomic E-state index is 0.0215. The molecular weight excluding hydrogens is 254 g/mol. The molecule has 0 aliphatic heterocycles. The van der Waals surface area contributed by atoms with Crippen molar-refractivity contribution in [3.05, 3.63) is 29.3 Å². The maximum absolute atomic E-state index is 11.8. The minimum atomic E-state index is -0.752. The van der Waals surface area contributed by atoms with Crippen LogP contribution in [0.25, 0.3) is 0 Å². The summed E-state index contributed by atoms with van der Waals surface area (Å²) in [6, 6.07) is 5.98. The molecule has 110 valence electrons. The van der Waals surface area contributed by atoms with Crippen molar-refractivity contribution >= 4 is 17.6 Å². The van der Waals surface area contributed by atoms with Gasteiger partial charge in [0.1, 0.15) is 0 Å². The summed E-state index contributed by atoms with van der Waals surface area (Å²) in [6.45, 7) is 4.01. The highest BCUT2D eigenvalue weighted by molar-refractivity contribution is 5.90. The van der Waals surface area contributed by atoms with Gasteiger partial charge in [-0.25, -0.2) is 0 Å². The first kappa shape index (κ1) is 16.2. The van der Waals surface area contributed by atoms with Crippen LogP contribution in [0.3, 0.4) is 0 Å². The lowest BCUT2D eigenvalue weighted by molar-refractivity contribution is -0.137. The molecule has 0 saturated carbocycles. The summed E-state index contributed by atoms with van der Waals surface area (Å²) in [5, 5.41) is 11.4. The largest absolute Gasteiger partial charge is 0.481 e. The second-order valence-corrected chi connectivity index (χ2v) is 5.23. The molecule has 0 aliphatic rings. The van der Waals surface area contributed by atoms with Gasteiger partial charge in [0.15, 0.2) is 0 Å². The molecule has 0 spiro atoms. The van der Waals surface area contributed by atoms with Crippen molar-refractivity contribution in [3.8, 4) is 0 Å². The Morgan fingerprint density at radius 2 is 1.50 bits per heavy atom. The Kier molecular flexibility index (Phi) is 6.77. The zero-order valence-corrected chi connectivity index (χ0v) is 12.2. The van der Waals surface area contributed by atoms with E-state index in [0.717, 1.165) is 36.1 Å². The standard InChI is InChI=1S/C16H23NO3/c1-12-9-13(2)11-14(10-12)17-15(18)7-5-3-4-6-8-16(19)20/h9-11H,3-8H2,1-2H3,(H,17,18)(H,19,20). The Labute approximate surface area is 120 Å². The van der Waals surface area contributed by atoms with Gasteiger partial charge >= 0.3 is 5.97 Å². The molecule has 1 aromatic carbocycles. The fourth-order valence-corrected chi connectivity index (χ4v) is 2.19. The number of aryl methyl sites for hydroxylation is 2. The lowest BCUT2D eigenvalue weighted by Gasteiger charge is -2.07. The molecule has 0 aliphatic carbocycles. The van der Waals surface area contributed by atoms with Gasteiger partial charge in [-0.05, 0) is 49.9 Å². The topological polar surface area (TPSA) is 66.4 Å². The van der Waals surface area contributed by atoms with E-state index in [-0.39, 0.29) is 12.3 Å². The second kappa shape index (κ2) is 8.35. The molecular formula is C16H23NO3. The predicted molar refractivity (Wildman–Crippen MR) is 79.9 cm³/mol. The van der Waals surface area contributed by atoms with Crippen molar-refractivity contribution in [2.24, 2.45) is 0 Å². The molecule has 0 bridgehead atoms. The van der Waals surface area contributed by atoms with Crippen molar-refractivity contribution < 1.29 is 14.7 Å². The molecule has 1 rings (SSSR count). The maximum atomic E-state index is 11.8. The Morgan fingerprint density at radius 3 is 2.05 bits per heavy atom. The fourth-order valence-electron chi connectivity index (χ4n) is 2.19. The van der Waals surface area contributed by atoms with Crippen LogP contribution in [0.2, 0.25) is 0 Å². The van der Waals surface area contributed by atoms with Crippen LogP contribution in [0, 0.1) is 13.8 Å². The van der Waals surface area contributed by atoms with Crippen LogP contribution in [-0.2, 0) is 9.59 Å². The van der Waals surface area contributed by atoms with Crippen LogP contribution in [0.1, 0.15) is 49.7 Å². The van der Waals surface area contributed by atoms with E-state index in [9.17, 15) is 9.59 Å². The molecule has 2 N–H and O–H groups in total. The number of hydrogen-bond acceptors (Lipinski definition) is 2. The molecule has 0 fully saturated rings. The average Bonchev–Trinajstić information content (AvgIpc) is 2.31. The van der Waals surface area contributed by atoms with E-state index in [0.29, 0.717) is 12.8 Å². The number of amides is 1. The van der Waals surface area contributed by atoms with Crippen molar-refractivity contribution in [1.29, 1.82) is 0 Å². The summed E-state index contributed by atoms with van der Waals surface area (Å²) in [5.74, 6) is -0.731. The third-order valence-corrected chi connectivity index (χ3v) is 3.05. The van der Waals surface area contributed by atoms with E-state index in [2.05, 4.69) is 11.4 Å². The molecule has 20 heavy (non-hydrogen) atoms. The summed E-state index contributed by atoms with van der Waals surface area (Å²) < 4.78 is 0. The van der Waals surface area contributed by atoms with Gasteiger partial charge in [-0.3, -0.25) is 9.59 Å². The summed E-state index contributed by atoms with van der Waals surface area (Å²) in [6.07, 6.45) is 3.95. The van der Waals surface area contributed by atoms with Crippen LogP contribution >= 0.6 is 0 Å². The van der Waals surface area contributed by atoms with Gasteiger partial charge < -0.3 is 10.4 Å². The normalized spacial score (nSPS) is 10.3. The van der Waals surface area contributed by atoms with Gasteiger partial charge in [0.25, 0.3) is 0 Å². The second-order valence-electron chi connectivity index (χ2n) is 5.23. The Morgan fingerprint density at radius 1 is 0.950 bits per heavy atom. The fraction of sp³-hybridized carbons (Fsp3) is 0.500. The van der Waals surface area contributed by atoms with Crippen LogP contribution in [0.15, 0.2) is 18.2 Å². The van der Waals surface area contributed by atoms with E-state index in [1.807, 2.05) is 26.0 Å². The third kappa shape index (κ3) is 6.92. The molecule has 0 heterocycles. The van der Waals surface area contributed by atoms with Crippen molar-refractivity contribution in [2.75, 3.05) is 5.32 Å². The summed E-state index contributed by atoms with van der Waals surface area (Å²) in [5.41, 5.74) is 3.11. The molecule has 0 unspecified atom stereocenters. The van der Waals surface area contributed by atoms with E-state index in [1.165, 1.54) is 0 Å². The van der Waals surface area contributed by atoms with Crippen molar-refractivity contribution in [3.63, 3.8) is 0 Å². The monoisotopic (exact) mass is 277 g/mol. The van der Waals surface area contributed by atoms with Crippen molar-refractivity contribution in [2.45, 2.75) is 52.4 Å². The highest BCUT2D eigenvalue weighted by Gasteiger charge is 2.03. The number of carboxylic acid groups (broad SMARTS) is 1. The van der Waals surface area contributed by atoms with Crippen LogP contribution in [0.4, 0.5) is 5.69 Å². The van der Waals surface area contributed by atoms with E-state index < -0.39 is 5.97 Å². The summed E-state index contributed by atoms with van der Waals surface area (Å²) >= 11 is 0. The van der Waals surface area contributed by atoms with E-state index in [1.54, 1.807) is 0 Å². The van der Waals surface area contributed by atoms with Gasteiger partial charge in [-0.1, -0.05) is 18.9 Å². The molecule has 0 atom stereocenters. The Balaban J connectivity index is 2.21. The van der Waals surface area contributed by atoms with Crippen LogP contribution in [-0.4, -0.2) is 17.0 Å². The zero-order valence-electron chi connectivity index (χ0n) is 12.2. The molecule has 1 amide bonds. The minimum Gasteiger partial charge on any atom is -0.481 e. The lowest BCUT2D eigenvalue weighted by Crippen LogP contribution is -2.11. The van der Waals surface area contributed by atoms with Gasteiger partial charge in [0.05, 0.1) is 0 Å². The van der Waals surface area contributed by atoms with Crippen molar-refractivity contribution in [1.82, 2.24) is 0 Å². The molecule has 4 nitrogen and oxygen atoms in total. The number of unbranched alkanes of at least 4 members (excludes halogenated alkanes) is 3. The van der Waals surface area contributed by atoms with E-state index >= 15 is 0 Å². The van der Waals surface area contributed by atoms with Gasteiger partial charge in [0, 0.05) is 18.5 Å². The number of anilines is 1. The van der Waals surface area contributed by atoms with Gasteiger partial charge in [-0.2, -0.15) is 0 Å². The number of carbonyl (C=O) groups is 2. The molecule has 0 radical (unpaired) electrons. The number of carbonyl (C=O) groups excluding carboxylic acids is 1. The van der Waals surface area contributed by atoms with Gasteiger partial charge in [-0.15, -0.1) is 0 Å². The van der Waals surface area contributed by atoms with Crippen LogP contribution < -0.4 is 5.32 Å². The van der Waals surface area contributed by atoms with Gasteiger partial charge in [0.2, 0.25) is 5.91 Å². The van der Waals surface area contributed by atoms with E-state index in [4.69, 9.17) is 5.11 Å². The number of carboxylic acids is 1. The maximum Gasteiger partial charge on any atom is 0.303 e. The Hall–Kier alpha value is -1.84. The number of rotatable bonds is 8. The SMILES string of the molecule is Cc1cc(C)cc(NC(=O)CCCCCCC(=O)O)c1. The summed E-state index contributed by atoms with van der Waals surface area (Å²) in [4.78, 5) is 22.1. The number of hydrogen-bond donors (Lipinski definition) is 2. The average molecular weight is 277 g/mol. The molecule has 0 saturated heterocycles. The smallest absolute Gasteiger partial charge is 0.303 e. The zero-order chi connectivity index (χ0) is 15.0. The first-order valence-electron chi connectivity index (χ1n) is 7.07. The molecule has 4 heteroatoms. The highest BCUT2D eigenvalue weighted by atomic mass is 16.4. The lowest BCUT2D eigenvalue weighted by atomic mass is 10.1. The molecule has 0 aromatic heterocycles. The molecule has 1 aromatic rings. The quantitative estimate of drug-likeness (QED) is 0.712. The number of aliphatic carboxylic acids is 1.